The van der Waals surface area contributed by atoms with Crippen LogP contribution in [0.1, 0.15) is 0 Å². The molecule has 0 amide bonds. The molecule has 0 saturated heterocycles. The smallest absolute Gasteiger partial charge is 0.310 e. The minimum absolute atomic E-state index is 0.263. The van der Waals surface area contributed by atoms with Crippen LogP contribution in [-0.2, 0) is 0 Å². The molecular formula is C47H27N5O3. The Bertz CT molecular complexity index is 3290. The Kier molecular flexibility index (Phi) is 6.84. The van der Waals surface area contributed by atoms with Crippen molar-refractivity contribution >= 4 is 49.8 Å². The largest absolute Gasteiger partial charge is 0.456 e. The molecule has 0 aliphatic rings. The van der Waals surface area contributed by atoms with E-state index in [1.165, 1.54) is 0 Å². The lowest BCUT2D eigenvalue weighted by Crippen LogP contribution is -2.08. The number of hydrogen-bond donors (Lipinski definition) is 0. The van der Waals surface area contributed by atoms with Gasteiger partial charge in [0.25, 0.3) is 5.56 Å². The summed E-state index contributed by atoms with van der Waals surface area (Å²) in [5, 5.41) is 2.55. The fraction of sp³-hybridized carbons (Fsp3) is 0. The Morgan fingerprint density at radius 1 is 0.400 bits per heavy atom. The van der Waals surface area contributed by atoms with Gasteiger partial charge in [0.05, 0.1) is 16.4 Å². The number of hydrogen-bond acceptors (Lipinski definition) is 7. The lowest BCUT2D eigenvalue weighted by atomic mass is 9.96. The summed E-state index contributed by atoms with van der Waals surface area (Å²) in [4.78, 5) is 31.8. The Morgan fingerprint density at radius 3 is 1.80 bits per heavy atom. The van der Waals surface area contributed by atoms with E-state index in [1.807, 2.05) is 126 Å². The van der Waals surface area contributed by atoms with E-state index in [0.29, 0.717) is 28.4 Å². The molecule has 11 aromatic rings. The van der Waals surface area contributed by atoms with Gasteiger partial charge in [0.2, 0.25) is 0 Å². The zero-order valence-corrected chi connectivity index (χ0v) is 29.0. The van der Waals surface area contributed by atoms with E-state index in [0.717, 1.165) is 71.9 Å². The van der Waals surface area contributed by atoms with Crippen molar-refractivity contribution in [2.24, 2.45) is 0 Å². The van der Waals surface area contributed by atoms with Gasteiger partial charge in [0.1, 0.15) is 11.2 Å². The minimum atomic E-state index is -0.312. The molecule has 0 unspecified atom stereocenters. The van der Waals surface area contributed by atoms with Gasteiger partial charge in [0, 0.05) is 27.5 Å². The minimum Gasteiger partial charge on any atom is -0.456 e. The number of oxazole rings is 1. The summed E-state index contributed by atoms with van der Waals surface area (Å²) in [6.07, 6.45) is 0. The van der Waals surface area contributed by atoms with Gasteiger partial charge in [-0.1, -0.05) is 115 Å². The predicted octanol–water partition coefficient (Wildman–Crippen LogP) is 11.0. The van der Waals surface area contributed by atoms with Crippen molar-refractivity contribution in [1.82, 2.24) is 24.3 Å². The molecule has 0 aliphatic heterocycles. The summed E-state index contributed by atoms with van der Waals surface area (Å²) in [6.45, 7) is 0. The molecule has 0 fully saturated rings. The van der Waals surface area contributed by atoms with Crippen LogP contribution in [0.4, 0.5) is 0 Å². The van der Waals surface area contributed by atoms with Crippen LogP contribution in [-0.4, -0.2) is 24.3 Å². The van der Waals surface area contributed by atoms with Gasteiger partial charge < -0.3 is 8.83 Å². The van der Waals surface area contributed by atoms with Crippen molar-refractivity contribution in [1.29, 1.82) is 0 Å². The fourth-order valence-corrected chi connectivity index (χ4v) is 7.52. The van der Waals surface area contributed by atoms with Gasteiger partial charge in [0.15, 0.2) is 23.1 Å². The van der Waals surface area contributed by atoms with E-state index < -0.39 is 0 Å². The monoisotopic (exact) mass is 709 g/mol. The molecule has 0 radical (unpaired) electrons. The molecule has 0 saturated carbocycles. The number of rotatable bonds is 5. The summed E-state index contributed by atoms with van der Waals surface area (Å²) >= 11 is 0. The third kappa shape index (κ3) is 5.11. The van der Waals surface area contributed by atoms with Crippen LogP contribution < -0.4 is 5.56 Å². The average molecular weight is 710 g/mol. The first-order valence-corrected chi connectivity index (χ1v) is 17.9. The SMILES string of the molecule is O=c1nc2oc3ccc(-c4cccc5oc6ccc(-c7cccc(-c8nc(-c9ccccc9)nc(-c9ccccc9)n8)c7)cc6c45)cc3n2c2ccccc12. The van der Waals surface area contributed by atoms with Crippen molar-refractivity contribution in [2.75, 3.05) is 0 Å². The molecule has 11 rings (SSSR count). The molecule has 0 aliphatic carbocycles. The molecule has 7 aromatic carbocycles. The highest BCUT2D eigenvalue weighted by atomic mass is 16.4. The lowest BCUT2D eigenvalue weighted by Gasteiger charge is -2.10. The Hall–Kier alpha value is -7.71. The van der Waals surface area contributed by atoms with E-state index in [-0.39, 0.29) is 11.4 Å². The van der Waals surface area contributed by atoms with Gasteiger partial charge in [-0.15, -0.1) is 0 Å². The first-order chi connectivity index (χ1) is 27.1. The third-order valence-electron chi connectivity index (χ3n) is 10.1. The van der Waals surface area contributed by atoms with Gasteiger partial charge in [-0.05, 0) is 70.8 Å². The zero-order valence-electron chi connectivity index (χ0n) is 29.0. The molecule has 8 heteroatoms. The number of benzene rings is 7. The molecule has 4 aromatic heterocycles. The maximum Gasteiger partial charge on any atom is 0.310 e. The molecule has 0 spiro atoms. The zero-order chi connectivity index (χ0) is 36.5. The third-order valence-corrected chi connectivity index (χ3v) is 10.1. The number of furan rings is 1. The molecule has 55 heavy (non-hydrogen) atoms. The van der Waals surface area contributed by atoms with Gasteiger partial charge in [-0.25, -0.2) is 15.0 Å². The number of fused-ring (bicyclic) bond motifs is 8. The second-order valence-electron chi connectivity index (χ2n) is 13.4. The second kappa shape index (κ2) is 12.2. The molecular weight excluding hydrogens is 683 g/mol. The normalized spacial score (nSPS) is 11.7. The molecule has 258 valence electrons. The van der Waals surface area contributed by atoms with E-state index in [4.69, 9.17) is 23.8 Å². The Morgan fingerprint density at radius 2 is 1.02 bits per heavy atom. The molecule has 4 heterocycles. The van der Waals surface area contributed by atoms with Crippen molar-refractivity contribution in [2.45, 2.75) is 0 Å². The van der Waals surface area contributed by atoms with E-state index in [1.54, 1.807) is 6.07 Å². The van der Waals surface area contributed by atoms with Crippen LogP contribution >= 0.6 is 0 Å². The standard InChI is InChI=1S/C47H27N5O3/c53-46-35-17-7-8-19-37(35)52-38-27-32(22-24-40(38)55-47(52)51-46)34-18-10-20-41-42(34)36-26-31(21-23-39(36)54-41)30-15-9-16-33(25-30)45-49-43(28-11-3-1-4-12-28)48-44(50-45)29-13-5-2-6-14-29/h1-27H. The number of aromatic nitrogens is 5. The number of para-hydroxylation sites is 1. The van der Waals surface area contributed by atoms with Crippen molar-refractivity contribution in [3.63, 3.8) is 0 Å². The lowest BCUT2D eigenvalue weighted by molar-refractivity contribution is 0.636. The summed E-state index contributed by atoms with van der Waals surface area (Å²) in [5.41, 5.74) is 10.3. The predicted molar refractivity (Wildman–Crippen MR) is 217 cm³/mol. The van der Waals surface area contributed by atoms with Crippen molar-refractivity contribution in [3.8, 4) is 56.4 Å². The van der Waals surface area contributed by atoms with Crippen LogP contribution in [0.15, 0.2) is 177 Å². The highest BCUT2D eigenvalue weighted by Gasteiger charge is 2.18. The summed E-state index contributed by atoms with van der Waals surface area (Å²) in [6, 6.07) is 54.3. The van der Waals surface area contributed by atoms with Crippen molar-refractivity contribution in [3.05, 3.63) is 174 Å². The highest BCUT2D eigenvalue weighted by molar-refractivity contribution is 6.13. The quantitative estimate of drug-likeness (QED) is 0.175. The molecule has 8 nitrogen and oxygen atoms in total. The first-order valence-electron chi connectivity index (χ1n) is 17.9. The highest BCUT2D eigenvalue weighted by Crippen LogP contribution is 2.40. The first kappa shape index (κ1) is 30.9. The second-order valence-corrected chi connectivity index (χ2v) is 13.4. The van der Waals surface area contributed by atoms with Crippen LogP contribution in [0.5, 0.6) is 0 Å². The molecule has 0 N–H and O–H groups in total. The molecule has 0 atom stereocenters. The Balaban J connectivity index is 1.05. The average Bonchev–Trinajstić information content (AvgIpc) is 3.82. The fourth-order valence-electron chi connectivity index (χ4n) is 7.52. The van der Waals surface area contributed by atoms with E-state index in [9.17, 15) is 4.79 Å². The maximum absolute atomic E-state index is 12.8. The van der Waals surface area contributed by atoms with Gasteiger partial charge in [-0.2, -0.15) is 4.98 Å². The van der Waals surface area contributed by atoms with Crippen LogP contribution in [0.2, 0.25) is 0 Å². The topological polar surface area (TPSA) is 99.3 Å². The molecule has 0 bridgehead atoms. The van der Waals surface area contributed by atoms with E-state index in [2.05, 4.69) is 41.4 Å². The number of nitrogens with zero attached hydrogens (tertiary/aromatic N) is 5. The van der Waals surface area contributed by atoms with Crippen molar-refractivity contribution < 1.29 is 8.83 Å². The van der Waals surface area contributed by atoms with Gasteiger partial charge >= 0.3 is 5.84 Å². The van der Waals surface area contributed by atoms with Crippen LogP contribution in [0.3, 0.4) is 0 Å². The van der Waals surface area contributed by atoms with Crippen LogP contribution in [0, 0.1) is 0 Å². The Labute approximate surface area is 312 Å². The maximum atomic E-state index is 12.8. The van der Waals surface area contributed by atoms with Crippen LogP contribution in [0.25, 0.3) is 106 Å². The summed E-state index contributed by atoms with van der Waals surface area (Å²) < 4.78 is 14.4. The summed E-state index contributed by atoms with van der Waals surface area (Å²) in [7, 11) is 0. The van der Waals surface area contributed by atoms with Gasteiger partial charge in [-0.3, -0.25) is 9.20 Å². The van der Waals surface area contributed by atoms with E-state index >= 15 is 0 Å². The summed E-state index contributed by atoms with van der Waals surface area (Å²) in [5.74, 6) is 2.10.